The Hall–Kier alpha value is -2.93. The molecule has 12 heteroatoms. The largest absolute Gasteiger partial charge is 0.416 e. The van der Waals surface area contributed by atoms with Crippen LogP contribution >= 0.6 is 0 Å². The van der Waals surface area contributed by atoms with Gasteiger partial charge >= 0.3 is 6.18 Å². The van der Waals surface area contributed by atoms with E-state index in [0.29, 0.717) is 5.69 Å². The second-order valence-electron chi connectivity index (χ2n) is 8.66. The van der Waals surface area contributed by atoms with Crippen molar-refractivity contribution in [3.63, 3.8) is 0 Å². The minimum atomic E-state index is -4.46. The van der Waals surface area contributed by atoms with Crippen LogP contribution in [-0.4, -0.2) is 58.7 Å². The van der Waals surface area contributed by atoms with Crippen molar-refractivity contribution in [2.45, 2.75) is 22.5 Å². The lowest BCUT2D eigenvalue weighted by atomic mass is 10.1. The number of hydrogen-bond acceptors (Lipinski definition) is 5. The van der Waals surface area contributed by atoms with E-state index in [0.717, 1.165) is 17.7 Å². The van der Waals surface area contributed by atoms with E-state index in [-0.39, 0.29) is 42.5 Å². The van der Waals surface area contributed by atoms with Gasteiger partial charge in [0.05, 0.1) is 15.4 Å². The molecule has 0 spiro atoms. The summed E-state index contributed by atoms with van der Waals surface area (Å²) in [5, 5.41) is 0. The first-order valence-electron chi connectivity index (χ1n) is 11.4. The van der Waals surface area contributed by atoms with Gasteiger partial charge in [0.1, 0.15) is 0 Å². The number of anilines is 1. The van der Waals surface area contributed by atoms with Gasteiger partial charge in [-0.2, -0.15) is 21.8 Å². The zero-order valence-electron chi connectivity index (χ0n) is 20.0. The molecule has 1 aliphatic rings. The van der Waals surface area contributed by atoms with Crippen LogP contribution in [0.1, 0.15) is 11.1 Å². The number of halogens is 3. The summed E-state index contributed by atoms with van der Waals surface area (Å²) in [4.78, 5) is 1.63. The Labute approximate surface area is 214 Å². The van der Waals surface area contributed by atoms with Crippen molar-refractivity contribution < 1.29 is 30.0 Å². The van der Waals surface area contributed by atoms with Gasteiger partial charge in [0.2, 0.25) is 20.0 Å². The smallest absolute Gasteiger partial charge is 0.369 e. The molecule has 0 atom stereocenters. The van der Waals surface area contributed by atoms with Gasteiger partial charge in [0, 0.05) is 45.5 Å². The Morgan fingerprint density at radius 3 is 1.97 bits per heavy atom. The molecule has 1 fully saturated rings. The Balaban J connectivity index is 1.43. The quantitative estimate of drug-likeness (QED) is 0.442. The molecular weight excluding hydrogens is 527 g/mol. The Bertz CT molecular complexity index is 1440. The van der Waals surface area contributed by atoms with Crippen LogP contribution in [0.3, 0.4) is 0 Å². The van der Waals surface area contributed by atoms with Crippen molar-refractivity contribution in [3.8, 4) is 0 Å². The van der Waals surface area contributed by atoms with E-state index in [1.54, 1.807) is 11.0 Å². The topological polar surface area (TPSA) is 78.0 Å². The number of rotatable bonds is 7. The number of piperazine rings is 1. The summed E-state index contributed by atoms with van der Waals surface area (Å²) < 4.78 is 93.8. The summed E-state index contributed by atoms with van der Waals surface area (Å²) in [5.74, 6) is 0. The Kier molecular flexibility index (Phi) is 7.65. The lowest BCUT2D eigenvalue weighted by Crippen LogP contribution is -2.48. The second kappa shape index (κ2) is 10.4. The van der Waals surface area contributed by atoms with Gasteiger partial charge in [-0.3, -0.25) is 0 Å². The van der Waals surface area contributed by atoms with Crippen LogP contribution in [0.4, 0.5) is 18.9 Å². The van der Waals surface area contributed by atoms with Crippen LogP contribution in [0.15, 0.2) is 88.7 Å². The van der Waals surface area contributed by atoms with Gasteiger partial charge in [-0.1, -0.05) is 36.4 Å². The molecule has 0 unspecified atom stereocenters. The van der Waals surface area contributed by atoms with Gasteiger partial charge in [0.15, 0.2) is 0 Å². The standard InChI is InChI=1S/C25H26F3N3O4S2/c1-29(19-20-6-3-2-4-7-20)36(32,33)23-10-12-24(13-11-23)37(34,35)31-16-14-30(15-17-31)22-9-5-8-21(18-22)25(26,27)28/h2-13,18H,14-17,19H2,1H3. The van der Waals surface area contributed by atoms with Crippen molar-refractivity contribution in [2.75, 3.05) is 38.1 Å². The van der Waals surface area contributed by atoms with Crippen molar-refractivity contribution in [3.05, 3.63) is 90.0 Å². The summed E-state index contributed by atoms with van der Waals surface area (Å²) in [6, 6.07) is 19.1. The summed E-state index contributed by atoms with van der Waals surface area (Å²) in [6.07, 6.45) is -4.46. The minimum Gasteiger partial charge on any atom is -0.369 e. The summed E-state index contributed by atoms with van der Waals surface area (Å²) in [7, 11) is -6.29. The number of alkyl halides is 3. The highest BCUT2D eigenvalue weighted by Gasteiger charge is 2.32. The predicted molar refractivity (Wildman–Crippen MR) is 134 cm³/mol. The van der Waals surface area contributed by atoms with E-state index < -0.39 is 31.8 Å². The third kappa shape index (κ3) is 5.98. The highest BCUT2D eigenvalue weighted by Crippen LogP contribution is 2.32. The van der Waals surface area contributed by atoms with Gasteiger partial charge in [-0.05, 0) is 48.0 Å². The van der Waals surface area contributed by atoms with E-state index in [1.807, 2.05) is 30.3 Å². The fourth-order valence-electron chi connectivity index (χ4n) is 4.10. The number of nitrogens with zero attached hydrogens (tertiary/aromatic N) is 3. The van der Waals surface area contributed by atoms with E-state index in [9.17, 15) is 30.0 Å². The molecule has 0 radical (unpaired) electrons. The van der Waals surface area contributed by atoms with Crippen LogP contribution in [-0.2, 0) is 32.8 Å². The third-order valence-corrected chi connectivity index (χ3v) is 9.93. The molecule has 0 saturated carbocycles. The van der Waals surface area contributed by atoms with Crippen LogP contribution in [0.25, 0.3) is 0 Å². The van der Waals surface area contributed by atoms with E-state index >= 15 is 0 Å². The van der Waals surface area contributed by atoms with Crippen LogP contribution in [0.2, 0.25) is 0 Å². The molecule has 1 saturated heterocycles. The van der Waals surface area contributed by atoms with Gasteiger partial charge in [-0.15, -0.1) is 0 Å². The van der Waals surface area contributed by atoms with Crippen LogP contribution < -0.4 is 4.90 Å². The molecule has 0 N–H and O–H groups in total. The predicted octanol–water partition coefficient (Wildman–Crippen LogP) is 4.04. The van der Waals surface area contributed by atoms with Crippen molar-refractivity contribution in [2.24, 2.45) is 0 Å². The number of hydrogen-bond donors (Lipinski definition) is 0. The zero-order valence-corrected chi connectivity index (χ0v) is 21.6. The Morgan fingerprint density at radius 1 is 0.784 bits per heavy atom. The normalized spacial score (nSPS) is 15.8. The average Bonchev–Trinajstić information content (AvgIpc) is 2.89. The second-order valence-corrected chi connectivity index (χ2v) is 12.6. The molecule has 3 aromatic carbocycles. The molecule has 0 aromatic heterocycles. The molecule has 4 rings (SSSR count). The monoisotopic (exact) mass is 553 g/mol. The van der Waals surface area contributed by atoms with Crippen molar-refractivity contribution in [1.82, 2.24) is 8.61 Å². The van der Waals surface area contributed by atoms with E-state index in [2.05, 4.69) is 0 Å². The molecule has 3 aromatic rings. The van der Waals surface area contributed by atoms with Crippen molar-refractivity contribution >= 4 is 25.7 Å². The molecule has 198 valence electrons. The first-order chi connectivity index (χ1) is 17.4. The van der Waals surface area contributed by atoms with Gasteiger partial charge < -0.3 is 4.90 Å². The summed E-state index contributed by atoms with van der Waals surface area (Å²) in [5.41, 5.74) is 0.433. The first-order valence-corrected chi connectivity index (χ1v) is 14.3. The highest BCUT2D eigenvalue weighted by molar-refractivity contribution is 7.89. The molecule has 1 heterocycles. The zero-order chi connectivity index (χ0) is 26.8. The maximum absolute atomic E-state index is 13.2. The Morgan fingerprint density at radius 2 is 1.38 bits per heavy atom. The highest BCUT2D eigenvalue weighted by atomic mass is 32.2. The summed E-state index contributed by atoms with van der Waals surface area (Å²) >= 11 is 0. The fraction of sp³-hybridized carbons (Fsp3) is 0.280. The minimum absolute atomic E-state index is 0.0285. The average molecular weight is 554 g/mol. The SMILES string of the molecule is CN(Cc1ccccc1)S(=O)(=O)c1ccc(S(=O)(=O)N2CCN(c3cccc(C(F)(F)F)c3)CC2)cc1. The molecular formula is C25H26F3N3O4S2. The van der Waals surface area contributed by atoms with E-state index in [4.69, 9.17) is 0 Å². The third-order valence-electron chi connectivity index (χ3n) is 6.20. The summed E-state index contributed by atoms with van der Waals surface area (Å²) in [6.45, 7) is 0.769. The molecule has 0 amide bonds. The number of sulfonamides is 2. The lowest BCUT2D eigenvalue weighted by Gasteiger charge is -2.35. The van der Waals surface area contributed by atoms with Crippen molar-refractivity contribution in [1.29, 1.82) is 0 Å². The fourth-order valence-corrected chi connectivity index (χ4v) is 6.68. The van der Waals surface area contributed by atoms with Gasteiger partial charge in [-0.25, -0.2) is 16.8 Å². The lowest BCUT2D eigenvalue weighted by molar-refractivity contribution is -0.137. The van der Waals surface area contributed by atoms with Gasteiger partial charge in [0.25, 0.3) is 0 Å². The van der Waals surface area contributed by atoms with Crippen LogP contribution in [0, 0.1) is 0 Å². The first kappa shape index (κ1) is 27.1. The molecule has 1 aliphatic heterocycles. The molecule has 37 heavy (non-hydrogen) atoms. The number of benzene rings is 3. The molecule has 7 nitrogen and oxygen atoms in total. The molecule has 0 aliphatic carbocycles. The van der Waals surface area contributed by atoms with E-state index in [1.165, 1.54) is 46.0 Å². The molecule has 0 bridgehead atoms. The van der Waals surface area contributed by atoms with Crippen LogP contribution in [0.5, 0.6) is 0 Å². The maximum Gasteiger partial charge on any atom is 0.416 e. The maximum atomic E-state index is 13.2.